The lowest BCUT2D eigenvalue weighted by Crippen LogP contribution is -2.45. The third-order valence-electron chi connectivity index (χ3n) is 3.51. The molecule has 1 amide bonds. The zero-order chi connectivity index (χ0) is 14.4. The van der Waals surface area contributed by atoms with E-state index in [1.54, 1.807) is 0 Å². The van der Waals surface area contributed by atoms with E-state index >= 15 is 0 Å². The lowest BCUT2D eigenvalue weighted by molar-refractivity contribution is -0.135. The van der Waals surface area contributed by atoms with E-state index in [0.29, 0.717) is 0 Å². The van der Waals surface area contributed by atoms with E-state index in [9.17, 15) is 4.79 Å². The molecule has 0 fully saturated rings. The average molecular weight is 263 g/mol. The first kappa shape index (κ1) is 15.5. The maximum atomic E-state index is 12.3. The Morgan fingerprint density at radius 3 is 2.21 bits per heavy atom. The standard InChI is InChI=1S/C15H25N3O/c1-5-18(6-2)15(19)12(3)17(4)11-13-7-9-14(16)10-8-13/h7-10,12H,5-6,11,16H2,1-4H3. The van der Waals surface area contributed by atoms with Gasteiger partial charge in [-0.1, -0.05) is 12.1 Å². The third-order valence-corrected chi connectivity index (χ3v) is 3.51. The normalized spacial score (nSPS) is 12.5. The Hall–Kier alpha value is -1.55. The molecule has 0 aliphatic carbocycles. The Labute approximate surface area is 116 Å². The van der Waals surface area contributed by atoms with Crippen LogP contribution in [-0.4, -0.2) is 41.9 Å². The maximum absolute atomic E-state index is 12.3. The van der Waals surface area contributed by atoms with Gasteiger partial charge in [-0.2, -0.15) is 0 Å². The molecular formula is C15H25N3O. The highest BCUT2D eigenvalue weighted by atomic mass is 16.2. The first-order valence-corrected chi connectivity index (χ1v) is 6.83. The van der Waals surface area contributed by atoms with Crippen molar-refractivity contribution in [3.8, 4) is 0 Å². The van der Waals surface area contributed by atoms with Gasteiger partial charge in [-0.05, 0) is 45.5 Å². The van der Waals surface area contributed by atoms with Crippen LogP contribution in [0.1, 0.15) is 26.3 Å². The number of nitrogen functional groups attached to an aromatic ring is 1. The lowest BCUT2D eigenvalue weighted by atomic mass is 10.1. The minimum absolute atomic E-state index is 0.113. The molecule has 4 nitrogen and oxygen atoms in total. The van der Waals surface area contributed by atoms with Crippen molar-refractivity contribution < 1.29 is 4.79 Å². The summed E-state index contributed by atoms with van der Waals surface area (Å²) in [5.74, 6) is 0.183. The van der Waals surface area contributed by atoms with E-state index in [0.717, 1.165) is 30.9 Å². The Morgan fingerprint density at radius 1 is 1.21 bits per heavy atom. The molecule has 1 aromatic rings. The summed E-state index contributed by atoms with van der Waals surface area (Å²) in [6.07, 6.45) is 0. The first-order chi connectivity index (χ1) is 8.99. The minimum Gasteiger partial charge on any atom is -0.399 e. The van der Waals surface area contributed by atoms with Gasteiger partial charge in [0.1, 0.15) is 0 Å². The number of carbonyl (C=O) groups is 1. The number of anilines is 1. The van der Waals surface area contributed by atoms with E-state index < -0.39 is 0 Å². The predicted octanol–water partition coefficient (Wildman–Crippen LogP) is 1.96. The molecule has 0 heterocycles. The molecule has 0 saturated heterocycles. The van der Waals surface area contributed by atoms with E-state index in [2.05, 4.69) is 4.90 Å². The molecule has 0 bridgehead atoms. The van der Waals surface area contributed by atoms with Crippen LogP contribution in [0.4, 0.5) is 5.69 Å². The van der Waals surface area contributed by atoms with E-state index in [1.165, 1.54) is 0 Å². The highest BCUT2D eigenvalue weighted by Crippen LogP contribution is 2.10. The van der Waals surface area contributed by atoms with Crippen molar-refractivity contribution >= 4 is 11.6 Å². The summed E-state index contributed by atoms with van der Waals surface area (Å²) >= 11 is 0. The second-order valence-electron chi connectivity index (χ2n) is 4.84. The second-order valence-corrected chi connectivity index (χ2v) is 4.84. The predicted molar refractivity (Wildman–Crippen MR) is 79.7 cm³/mol. The van der Waals surface area contributed by atoms with Gasteiger partial charge in [-0.3, -0.25) is 9.69 Å². The van der Waals surface area contributed by atoms with Gasteiger partial charge in [0, 0.05) is 25.3 Å². The van der Waals surface area contributed by atoms with Crippen LogP contribution < -0.4 is 5.73 Å². The van der Waals surface area contributed by atoms with Crippen LogP contribution in [0.25, 0.3) is 0 Å². The number of carbonyl (C=O) groups excluding carboxylic acids is 1. The first-order valence-electron chi connectivity index (χ1n) is 6.83. The van der Waals surface area contributed by atoms with Crippen LogP contribution in [0, 0.1) is 0 Å². The van der Waals surface area contributed by atoms with E-state index in [1.807, 2.05) is 57.0 Å². The molecule has 0 aliphatic rings. The monoisotopic (exact) mass is 263 g/mol. The molecular weight excluding hydrogens is 238 g/mol. The van der Waals surface area contributed by atoms with Gasteiger partial charge in [0.2, 0.25) is 5.91 Å². The summed E-state index contributed by atoms with van der Waals surface area (Å²) in [6.45, 7) is 8.24. The number of rotatable bonds is 6. The van der Waals surface area contributed by atoms with Crippen molar-refractivity contribution in [1.82, 2.24) is 9.80 Å². The molecule has 0 aromatic heterocycles. The van der Waals surface area contributed by atoms with Gasteiger partial charge in [0.25, 0.3) is 0 Å². The van der Waals surface area contributed by atoms with Crippen molar-refractivity contribution in [3.63, 3.8) is 0 Å². The largest absolute Gasteiger partial charge is 0.399 e. The number of amides is 1. The molecule has 1 unspecified atom stereocenters. The molecule has 0 radical (unpaired) electrons. The average Bonchev–Trinajstić information content (AvgIpc) is 2.41. The lowest BCUT2D eigenvalue weighted by Gasteiger charge is -2.29. The molecule has 0 aliphatic heterocycles. The topological polar surface area (TPSA) is 49.6 Å². The van der Waals surface area contributed by atoms with Crippen molar-refractivity contribution in [1.29, 1.82) is 0 Å². The fourth-order valence-electron chi connectivity index (χ4n) is 2.04. The molecule has 0 saturated carbocycles. The molecule has 1 atom stereocenters. The van der Waals surface area contributed by atoms with Crippen LogP contribution in [0.2, 0.25) is 0 Å². The number of likely N-dealkylation sites (N-methyl/N-ethyl adjacent to an activating group) is 2. The number of nitrogens with zero attached hydrogens (tertiary/aromatic N) is 2. The molecule has 2 N–H and O–H groups in total. The van der Waals surface area contributed by atoms with Gasteiger partial charge in [0.05, 0.1) is 6.04 Å². The van der Waals surface area contributed by atoms with Gasteiger partial charge >= 0.3 is 0 Å². The summed E-state index contributed by atoms with van der Waals surface area (Å²) in [7, 11) is 1.97. The SMILES string of the molecule is CCN(CC)C(=O)C(C)N(C)Cc1ccc(N)cc1. The highest BCUT2D eigenvalue weighted by molar-refractivity contribution is 5.81. The van der Waals surface area contributed by atoms with Crippen molar-refractivity contribution in [2.75, 3.05) is 25.9 Å². The smallest absolute Gasteiger partial charge is 0.239 e. The molecule has 0 spiro atoms. The van der Waals surface area contributed by atoms with Gasteiger partial charge in [-0.15, -0.1) is 0 Å². The zero-order valence-electron chi connectivity index (χ0n) is 12.4. The fraction of sp³-hybridized carbons (Fsp3) is 0.533. The number of nitrogens with two attached hydrogens (primary N) is 1. The Morgan fingerprint density at radius 2 is 1.74 bits per heavy atom. The third kappa shape index (κ3) is 4.24. The van der Waals surface area contributed by atoms with Crippen LogP contribution in [-0.2, 0) is 11.3 Å². The van der Waals surface area contributed by atoms with Crippen LogP contribution >= 0.6 is 0 Å². The Balaban J connectivity index is 2.64. The van der Waals surface area contributed by atoms with E-state index in [-0.39, 0.29) is 11.9 Å². The number of hydrogen-bond donors (Lipinski definition) is 1. The van der Waals surface area contributed by atoms with Crippen molar-refractivity contribution in [2.45, 2.75) is 33.4 Å². The summed E-state index contributed by atoms with van der Waals surface area (Å²) in [6, 6.07) is 7.67. The van der Waals surface area contributed by atoms with Gasteiger partial charge in [0.15, 0.2) is 0 Å². The minimum atomic E-state index is -0.113. The van der Waals surface area contributed by atoms with Gasteiger partial charge in [-0.25, -0.2) is 0 Å². The number of hydrogen-bond acceptors (Lipinski definition) is 3. The fourth-order valence-corrected chi connectivity index (χ4v) is 2.04. The maximum Gasteiger partial charge on any atom is 0.239 e. The van der Waals surface area contributed by atoms with Gasteiger partial charge < -0.3 is 10.6 Å². The second kappa shape index (κ2) is 7.14. The van der Waals surface area contributed by atoms with E-state index in [4.69, 9.17) is 5.73 Å². The highest BCUT2D eigenvalue weighted by Gasteiger charge is 2.21. The van der Waals surface area contributed by atoms with Crippen LogP contribution in [0.5, 0.6) is 0 Å². The zero-order valence-corrected chi connectivity index (χ0v) is 12.4. The quantitative estimate of drug-likeness (QED) is 0.798. The Bertz CT molecular complexity index is 398. The summed E-state index contributed by atoms with van der Waals surface area (Å²) in [4.78, 5) is 16.2. The molecule has 1 rings (SSSR count). The molecule has 106 valence electrons. The molecule has 1 aromatic carbocycles. The summed E-state index contributed by atoms with van der Waals surface area (Å²) < 4.78 is 0. The Kier molecular flexibility index (Phi) is 5.83. The van der Waals surface area contributed by atoms with Crippen molar-refractivity contribution in [3.05, 3.63) is 29.8 Å². The number of benzene rings is 1. The molecule has 4 heteroatoms. The van der Waals surface area contributed by atoms with Crippen LogP contribution in [0.15, 0.2) is 24.3 Å². The summed E-state index contributed by atoms with van der Waals surface area (Å²) in [5, 5.41) is 0. The van der Waals surface area contributed by atoms with Crippen LogP contribution in [0.3, 0.4) is 0 Å². The molecule has 19 heavy (non-hydrogen) atoms. The van der Waals surface area contributed by atoms with Crippen molar-refractivity contribution in [2.24, 2.45) is 0 Å². The summed E-state index contributed by atoms with van der Waals surface area (Å²) in [5.41, 5.74) is 7.59.